The van der Waals surface area contributed by atoms with Crippen LogP contribution < -0.4 is 5.32 Å². The Morgan fingerprint density at radius 2 is 2.00 bits per heavy atom. The van der Waals surface area contributed by atoms with Gasteiger partial charge in [-0.15, -0.1) is 0 Å². The molecule has 2 heterocycles. The van der Waals surface area contributed by atoms with Crippen molar-refractivity contribution in [3.63, 3.8) is 0 Å². The van der Waals surface area contributed by atoms with E-state index in [2.05, 4.69) is 49.4 Å². The molecule has 3 aromatic rings. The molecular formula is C21H22BrN3OS. The van der Waals surface area contributed by atoms with Crippen molar-refractivity contribution in [1.29, 1.82) is 0 Å². The third kappa shape index (κ3) is 5.71. The fourth-order valence-corrected chi connectivity index (χ4v) is 3.60. The largest absolute Gasteiger partial charge is 0.346 e. The van der Waals surface area contributed by atoms with Gasteiger partial charge in [0.15, 0.2) is 0 Å². The Bertz CT molecular complexity index is 938. The van der Waals surface area contributed by atoms with Crippen molar-refractivity contribution in [2.45, 2.75) is 32.1 Å². The molecule has 0 aliphatic rings. The van der Waals surface area contributed by atoms with Crippen LogP contribution >= 0.6 is 28.1 Å². The summed E-state index contributed by atoms with van der Waals surface area (Å²) in [6, 6.07) is 12.1. The molecule has 0 aliphatic carbocycles. The minimum atomic E-state index is 0.0213. The molecule has 1 aromatic carbocycles. The zero-order valence-corrected chi connectivity index (χ0v) is 17.4. The van der Waals surface area contributed by atoms with Gasteiger partial charge in [0.05, 0.1) is 0 Å². The van der Waals surface area contributed by atoms with Gasteiger partial charge >= 0.3 is 0 Å². The number of thiocarbonyl (C=S) groups is 1. The van der Waals surface area contributed by atoms with Crippen molar-refractivity contribution in [2.75, 3.05) is 10.6 Å². The second kappa shape index (κ2) is 9.76. The first-order chi connectivity index (χ1) is 13.2. The van der Waals surface area contributed by atoms with Crippen LogP contribution in [0, 0.1) is 0 Å². The van der Waals surface area contributed by atoms with Gasteiger partial charge < -0.3 is 10.3 Å². The number of nitrogens with one attached hydrogen (secondary N) is 2. The Balaban J connectivity index is 1.50. The second-order valence-electron chi connectivity index (χ2n) is 6.44. The fraction of sp³-hybridized carbons (Fsp3) is 0.286. The summed E-state index contributed by atoms with van der Waals surface area (Å²) in [5, 5.41) is 4.76. The van der Waals surface area contributed by atoms with Crippen molar-refractivity contribution in [3.05, 3.63) is 59.9 Å². The molecule has 4 nitrogen and oxygen atoms in total. The Morgan fingerprint density at radius 3 is 2.85 bits per heavy atom. The van der Waals surface area contributed by atoms with E-state index in [0.29, 0.717) is 11.8 Å². The van der Waals surface area contributed by atoms with Crippen molar-refractivity contribution in [3.8, 4) is 0 Å². The van der Waals surface area contributed by atoms with Crippen LogP contribution in [0.2, 0.25) is 0 Å². The maximum Gasteiger partial charge on any atom is 0.225 e. The molecule has 6 heteroatoms. The van der Waals surface area contributed by atoms with Gasteiger partial charge in [-0.1, -0.05) is 40.3 Å². The quantitative estimate of drug-likeness (QED) is 0.351. The molecule has 0 radical (unpaired) electrons. The molecule has 27 heavy (non-hydrogen) atoms. The first kappa shape index (κ1) is 19.7. The van der Waals surface area contributed by atoms with Gasteiger partial charge in [0.1, 0.15) is 5.65 Å². The molecule has 0 unspecified atom stereocenters. The van der Waals surface area contributed by atoms with Crippen molar-refractivity contribution < 1.29 is 4.79 Å². The Kier molecular flexibility index (Phi) is 7.12. The number of halogens is 1. The van der Waals surface area contributed by atoms with E-state index in [0.717, 1.165) is 41.9 Å². The molecular weight excluding hydrogens is 422 g/mol. The van der Waals surface area contributed by atoms with Crippen LogP contribution in [0.4, 0.5) is 5.69 Å². The maximum absolute atomic E-state index is 11.7. The van der Waals surface area contributed by atoms with Crippen LogP contribution in [0.25, 0.3) is 11.0 Å². The lowest BCUT2D eigenvalue weighted by Gasteiger charge is -2.08. The number of alkyl halides is 1. The number of aromatic amines is 1. The number of H-pyrrole nitrogens is 1. The standard InChI is InChI=1S/C21H22BrN3OS/c22-11-8-20(26)25-17-3-1-2-15(14-17)4-6-18(27)7-5-16-9-12-23-21-19(16)10-13-24-21/h1-3,9-10,12-14H,4-8,11H2,(H,23,24)(H,25,26). The molecule has 0 saturated carbocycles. The number of fused-ring (bicyclic) bond motifs is 1. The second-order valence-corrected chi connectivity index (χ2v) is 7.81. The first-order valence-electron chi connectivity index (χ1n) is 9.03. The summed E-state index contributed by atoms with van der Waals surface area (Å²) in [5.41, 5.74) is 4.24. The summed E-state index contributed by atoms with van der Waals surface area (Å²) < 4.78 is 0. The van der Waals surface area contributed by atoms with Gasteiger partial charge in [0.25, 0.3) is 0 Å². The molecule has 2 aromatic heterocycles. The zero-order valence-electron chi connectivity index (χ0n) is 15.0. The summed E-state index contributed by atoms with van der Waals surface area (Å²) in [5.74, 6) is 0.0213. The maximum atomic E-state index is 11.7. The van der Waals surface area contributed by atoms with E-state index in [1.165, 1.54) is 16.5 Å². The minimum absolute atomic E-state index is 0.0213. The molecule has 0 atom stereocenters. The van der Waals surface area contributed by atoms with Gasteiger partial charge in [-0.2, -0.15) is 0 Å². The van der Waals surface area contributed by atoms with Crippen LogP contribution in [-0.2, 0) is 17.6 Å². The monoisotopic (exact) mass is 443 g/mol. The zero-order chi connectivity index (χ0) is 19.1. The van der Waals surface area contributed by atoms with Crippen LogP contribution in [-0.4, -0.2) is 26.1 Å². The topological polar surface area (TPSA) is 57.8 Å². The molecule has 0 saturated heterocycles. The number of amides is 1. The fourth-order valence-electron chi connectivity index (χ4n) is 3.03. The van der Waals surface area contributed by atoms with Crippen molar-refractivity contribution >= 4 is 55.6 Å². The highest BCUT2D eigenvalue weighted by molar-refractivity contribution is 9.09. The van der Waals surface area contributed by atoms with Crippen molar-refractivity contribution in [2.24, 2.45) is 0 Å². The van der Waals surface area contributed by atoms with Gasteiger partial charge in [-0.3, -0.25) is 4.79 Å². The van der Waals surface area contributed by atoms with Crippen molar-refractivity contribution in [1.82, 2.24) is 9.97 Å². The van der Waals surface area contributed by atoms with E-state index in [9.17, 15) is 4.79 Å². The van der Waals surface area contributed by atoms with Crippen LogP contribution in [0.5, 0.6) is 0 Å². The summed E-state index contributed by atoms with van der Waals surface area (Å²) in [6.45, 7) is 0. The van der Waals surface area contributed by atoms with E-state index in [1.807, 2.05) is 30.6 Å². The van der Waals surface area contributed by atoms with E-state index < -0.39 is 0 Å². The predicted molar refractivity (Wildman–Crippen MR) is 119 cm³/mol. The summed E-state index contributed by atoms with van der Waals surface area (Å²) in [6.07, 6.45) is 7.81. The Hall–Kier alpha value is -2.05. The van der Waals surface area contributed by atoms with Crippen LogP contribution in [0.3, 0.4) is 0 Å². The van der Waals surface area contributed by atoms with Gasteiger partial charge in [0.2, 0.25) is 5.91 Å². The number of carbonyl (C=O) groups is 1. The normalized spacial score (nSPS) is 10.9. The Morgan fingerprint density at radius 1 is 1.15 bits per heavy atom. The first-order valence-corrected chi connectivity index (χ1v) is 10.6. The number of nitrogens with zero attached hydrogens (tertiary/aromatic N) is 1. The molecule has 140 valence electrons. The molecule has 3 rings (SSSR count). The number of rotatable bonds is 9. The summed E-state index contributed by atoms with van der Waals surface area (Å²) in [7, 11) is 0. The van der Waals surface area contributed by atoms with E-state index in [1.54, 1.807) is 0 Å². The molecule has 2 N–H and O–H groups in total. The Labute approximate surface area is 172 Å². The molecule has 0 fully saturated rings. The smallest absolute Gasteiger partial charge is 0.225 e. The number of aromatic nitrogens is 2. The number of pyridine rings is 1. The minimum Gasteiger partial charge on any atom is -0.346 e. The van der Waals surface area contributed by atoms with Gasteiger partial charge in [-0.05, 0) is 65.9 Å². The molecule has 0 bridgehead atoms. The molecule has 1 amide bonds. The highest BCUT2D eigenvalue weighted by Gasteiger charge is 2.06. The number of hydrogen-bond acceptors (Lipinski definition) is 3. The SMILES string of the molecule is O=C(CCBr)Nc1cccc(CCC(=S)CCc2ccnc3[nH]ccc23)c1. The van der Waals surface area contributed by atoms with E-state index >= 15 is 0 Å². The number of anilines is 1. The number of aryl methyl sites for hydroxylation is 2. The van der Waals surface area contributed by atoms with Crippen LogP contribution in [0.15, 0.2) is 48.8 Å². The highest BCUT2D eigenvalue weighted by Crippen LogP contribution is 2.18. The summed E-state index contributed by atoms with van der Waals surface area (Å²) >= 11 is 8.87. The van der Waals surface area contributed by atoms with Crippen LogP contribution in [0.1, 0.15) is 30.4 Å². The number of carbonyl (C=O) groups excluding carboxylic acids is 1. The number of benzene rings is 1. The lowest BCUT2D eigenvalue weighted by molar-refractivity contribution is -0.115. The van der Waals surface area contributed by atoms with E-state index in [-0.39, 0.29) is 5.91 Å². The lowest BCUT2D eigenvalue weighted by Crippen LogP contribution is -2.11. The summed E-state index contributed by atoms with van der Waals surface area (Å²) in [4.78, 5) is 20.3. The highest BCUT2D eigenvalue weighted by atomic mass is 79.9. The predicted octanol–water partition coefficient (Wildman–Crippen LogP) is 5.22. The molecule has 0 spiro atoms. The third-order valence-corrected chi connectivity index (χ3v) is 5.25. The average molecular weight is 444 g/mol. The average Bonchev–Trinajstić information content (AvgIpc) is 3.14. The molecule has 0 aliphatic heterocycles. The third-order valence-electron chi connectivity index (χ3n) is 4.45. The van der Waals surface area contributed by atoms with E-state index in [4.69, 9.17) is 12.2 Å². The van der Waals surface area contributed by atoms with Gasteiger partial charge in [-0.25, -0.2) is 4.98 Å². The van der Waals surface area contributed by atoms with Gasteiger partial charge in [0, 0.05) is 35.2 Å². The number of hydrogen-bond donors (Lipinski definition) is 2. The lowest BCUT2D eigenvalue weighted by atomic mass is 10.0.